The predicted molar refractivity (Wildman–Crippen MR) is 71.0 cm³/mol. The molecule has 0 atom stereocenters. The second kappa shape index (κ2) is 5.57. The lowest BCUT2D eigenvalue weighted by atomic mass is 10.2. The van der Waals surface area contributed by atoms with E-state index >= 15 is 0 Å². The molecule has 0 unspecified atom stereocenters. The van der Waals surface area contributed by atoms with E-state index < -0.39 is 17.2 Å². The molecule has 0 saturated heterocycles. The molecule has 0 saturated carbocycles. The molecule has 0 spiro atoms. The van der Waals surface area contributed by atoms with E-state index in [-0.39, 0.29) is 5.88 Å². The molecular formula is C12H7BrClF3N2O. The van der Waals surface area contributed by atoms with Crippen molar-refractivity contribution in [3.05, 3.63) is 45.3 Å². The van der Waals surface area contributed by atoms with E-state index in [0.29, 0.717) is 11.8 Å². The van der Waals surface area contributed by atoms with E-state index in [1.54, 1.807) is 25.1 Å². The number of nitrogens with zero attached hydrogens (tertiary/aromatic N) is 2. The molecule has 106 valence electrons. The molecular weight excluding hydrogens is 360 g/mol. The Morgan fingerprint density at radius 3 is 2.50 bits per heavy atom. The third-order valence-electron chi connectivity index (χ3n) is 2.32. The van der Waals surface area contributed by atoms with Crippen LogP contribution >= 0.6 is 27.5 Å². The van der Waals surface area contributed by atoms with Crippen molar-refractivity contribution >= 4 is 27.5 Å². The molecule has 0 N–H and O–H groups in total. The van der Waals surface area contributed by atoms with Gasteiger partial charge in [-0.05, 0) is 42.3 Å². The number of benzene rings is 1. The minimum absolute atomic E-state index is 0.261. The average molecular weight is 368 g/mol. The predicted octanol–water partition coefficient (Wildman–Crippen LogP) is 5.01. The topological polar surface area (TPSA) is 35.0 Å². The van der Waals surface area contributed by atoms with Gasteiger partial charge in [0, 0.05) is 10.5 Å². The summed E-state index contributed by atoms with van der Waals surface area (Å²) in [5.74, 6) is 0.124. The molecule has 8 heteroatoms. The Hall–Kier alpha value is -1.34. The molecule has 0 fully saturated rings. The van der Waals surface area contributed by atoms with Crippen LogP contribution in [0.1, 0.15) is 11.3 Å². The van der Waals surface area contributed by atoms with E-state index in [2.05, 4.69) is 25.9 Å². The Labute approximate surface area is 125 Å². The van der Waals surface area contributed by atoms with Crippen molar-refractivity contribution in [2.45, 2.75) is 13.1 Å². The summed E-state index contributed by atoms with van der Waals surface area (Å²) in [6.45, 7) is 1.76. The first-order chi connectivity index (χ1) is 9.25. The molecule has 0 amide bonds. The summed E-state index contributed by atoms with van der Waals surface area (Å²) in [6.07, 6.45) is -4.61. The average Bonchev–Trinajstić information content (AvgIpc) is 2.31. The monoisotopic (exact) mass is 366 g/mol. The second-order valence-electron chi connectivity index (χ2n) is 3.87. The van der Waals surface area contributed by atoms with E-state index in [4.69, 9.17) is 16.3 Å². The minimum Gasteiger partial charge on any atom is -0.439 e. The smallest absolute Gasteiger partial charge is 0.433 e. The van der Waals surface area contributed by atoms with Gasteiger partial charge in [-0.1, -0.05) is 15.9 Å². The van der Waals surface area contributed by atoms with Gasteiger partial charge in [0.25, 0.3) is 0 Å². The van der Waals surface area contributed by atoms with Crippen LogP contribution in [-0.2, 0) is 6.18 Å². The highest BCUT2D eigenvalue weighted by Gasteiger charge is 2.34. The summed E-state index contributed by atoms with van der Waals surface area (Å²) >= 11 is 8.76. The number of halogens is 5. The molecule has 1 aromatic carbocycles. The molecule has 0 aliphatic rings. The third kappa shape index (κ3) is 3.61. The summed E-state index contributed by atoms with van der Waals surface area (Å²) in [5, 5.41) is -0.524. The highest BCUT2D eigenvalue weighted by atomic mass is 79.9. The lowest BCUT2D eigenvalue weighted by molar-refractivity contribution is -0.141. The van der Waals surface area contributed by atoms with Gasteiger partial charge >= 0.3 is 6.18 Å². The van der Waals surface area contributed by atoms with Gasteiger partial charge < -0.3 is 4.74 Å². The number of alkyl halides is 3. The van der Waals surface area contributed by atoms with Crippen LogP contribution in [0.3, 0.4) is 0 Å². The molecule has 2 rings (SSSR count). The first kappa shape index (κ1) is 15.1. The van der Waals surface area contributed by atoms with E-state index in [9.17, 15) is 13.2 Å². The van der Waals surface area contributed by atoms with E-state index in [1.165, 1.54) is 0 Å². The lowest BCUT2D eigenvalue weighted by Gasteiger charge is -2.10. The highest BCUT2D eigenvalue weighted by Crippen LogP contribution is 2.32. The van der Waals surface area contributed by atoms with Crippen molar-refractivity contribution in [2.75, 3.05) is 0 Å². The zero-order valence-corrected chi connectivity index (χ0v) is 12.3. The number of aryl methyl sites for hydroxylation is 1. The Bertz CT molecular complexity index is 649. The second-order valence-corrected chi connectivity index (χ2v) is 5.12. The first-order valence-electron chi connectivity index (χ1n) is 5.31. The van der Waals surface area contributed by atoms with Crippen molar-refractivity contribution in [3.8, 4) is 11.6 Å². The standard InChI is InChI=1S/C12H7BrClF3N2O/c1-6-4-7(13)2-3-8(6)20-10-5-9(12(15,16)17)18-11(14)19-10/h2-5H,1H3. The normalized spacial score (nSPS) is 11.5. The fourth-order valence-corrected chi connectivity index (χ4v) is 2.08. The molecule has 0 bridgehead atoms. The Morgan fingerprint density at radius 1 is 1.20 bits per heavy atom. The fraction of sp³-hybridized carbons (Fsp3) is 0.167. The van der Waals surface area contributed by atoms with Crippen LogP contribution in [0.5, 0.6) is 11.6 Å². The molecule has 1 aromatic heterocycles. The van der Waals surface area contributed by atoms with Crippen LogP contribution in [0, 0.1) is 6.92 Å². The number of hydrogen-bond donors (Lipinski definition) is 0. The van der Waals surface area contributed by atoms with Crippen molar-refractivity contribution in [1.82, 2.24) is 9.97 Å². The highest BCUT2D eigenvalue weighted by molar-refractivity contribution is 9.10. The van der Waals surface area contributed by atoms with Gasteiger partial charge in [0.1, 0.15) is 5.75 Å². The third-order valence-corrected chi connectivity index (χ3v) is 2.98. The van der Waals surface area contributed by atoms with Gasteiger partial charge in [-0.25, -0.2) is 4.98 Å². The summed E-state index contributed by atoms with van der Waals surface area (Å²) in [4.78, 5) is 6.75. The van der Waals surface area contributed by atoms with Crippen molar-refractivity contribution in [1.29, 1.82) is 0 Å². The van der Waals surface area contributed by atoms with Crippen LogP contribution in [-0.4, -0.2) is 9.97 Å². The van der Waals surface area contributed by atoms with Crippen LogP contribution in [0.25, 0.3) is 0 Å². The maximum absolute atomic E-state index is 12.6. The molecule has 0 aliphatic carbocycles. The molecule has 3 nitrogen and oxygen atoms in total. The van der Waals surface area contributed by atoms with Crippen molar-refractivity contribution in [3.63, 3.8) is 0 Å². The first-order valence-corrected chi connectivity index (χ1v) is 6.48. The van der Waals surface area contributed by atoms with Crippen molar-refractivity contribution in [2.24, 2.45) is 0 Å². The Balaban J connectivity index is 2.36. The number of hydrogen-bond acceptors (Lipinski definition) is 3. The van der Waals surface area contributed by atoms with Crippen LogP contribution < -0.4 is 4.74 Å². The number of ether oxygens (including phenoxy) is 1. The SMILES string of the molecule is Cc1cc(Br)ccc1Oc1cc(C(F)(F)F)nc(Cl)n1. The fourth-order valence-electron chi connectivity index (χ4n) is 1.43. The summed E-state index contributed by atoms with van der Waals surface area (Å²) in [7, 11) is 0. The zero-order chi connectivity index (χ0) is 14.9. The molecule has 0 radical (unpaired) electrons. The van der Waals surface area contributed by atoms with Crippen LogP contribution in [0.15, 0.2) is 28.7 Å². The summed E-state index contributed by atoms with van der Waals surface area (Å²) < 4.78 is 44.0. The number of aromatic nitrogens is 2. The van der Waals surface area contributed by atoms with Crippen LogP contribution in [0.2, 0.25) is 5.28 Å². The van der Waals surface area contributed by atoms with Gasteiger partial charge in [-0.3, -0.25) is 0 Å². The maximum Gasteiger partial charge on any atom is 0.433 e. The Morgan fingerprint density at radius 2 is 1.90 bits per heavy atom. The quantitative estimate of drug-likeness (QED) is 0.700. The Kier molecular flexibility index (Phi) is 4.19. The summed E-state index contributed by atoms with van der Waals surface area (Å²) in [5.41, 5.74) is -0.412. The van der Waals surface area contributed by atoms with Gasteiger partial charge in [0.2, 0.25) is 11.2 Å². The van der Waals surface area contributed by atoms with Gasteiger partial charge in [0.15, 0.2) is 5.69 Å². The molecule has 2 aromatic rings. The molecule has 0 aliphatic heterocycles. The number of rotatable bonds is 2. The maximum atomic E-state index is 12.6. The molecule has 1 heterocycles. The lowest BCUT2D eigenvalue weighted by Crippen LogP contribution is -2.09. The van der Waals surface area contributed by atoms with Gasteiger partial charge in [-0.2, -0.15) is 18.2 Å². The van der Waals surface area contributed by atoms with Crippen LogP contribution in [0.4, 0.5) is 13.2 Å². The van der Waals surface area contributed by atoms with Gasteiger partial charge in [0.05, 0.1) is 0 Å². The van der Waals surface area contributed by atoms with E-state index in [1.807, 2.05) is 0 Å². The molecule has 20 heavy (non-hydrogen) atoms. The largest absolute Gasteiger partial charge is 0.439 e. The zero-order valence-electron chi connectivity index (χ0n) is 10.0. The summed E-state index contributed by atoms with van der Waals surface area (Å²) in [6, 6.07) is 5.79. The van der Waals surface area contributed by atoms with E-state index in [0.717, 1.165) is 10.0 Å². The minimum atomic E-state index is -4.61. The van der Waals surface area contributed by atoms with Crippen molar-refractivity contribution < 1.29 is 17.9 Å². The van der Waals surface area contributed by atoms with Gasteiger partial charge in [-0.15, -0.1) is 0 Å².